The van der Waals surface area contributed by atoms with E-state index in [0.29, 0.717) is 18.0 Å². The summed E-state index contributed by atoms with van der Waals surface area (Å²) in [6, 6.07) is 10.7. The molecular weight excluding hydrogens is 268 g/mol. The molecule has 0 fully saturated rings. The number of pyridine rings is 1. The highest BCUT2D eigenvalue weighted by molar-refractivity contribution is 6.03. The van der Waals surface area contributed by atoms with Gasteiger partial charge in [0.2, 0.25) is 0 Å². The molecule has 6 nitrogen and oxygen atoms in total. The first-order chi connectivity index (χ1) is 10.3. The van der Waals surface area contributed by atoms with E-state index in [4.69, 9.17) is 4.74 Å². The first-order valence-corrected chi connectivity index (χ1v) is 6.46. The Balaban J connectivity index is 1.82. The number of imidazole rings is 1. The highest BCUT2D eigenvalue weighted by Crippen LogP contribution is 2.18. The van der Waals surface area contributed by atoms with Crippen LogP contribution in [0.2, 0.25) is 0 Å². The minimum absolute atomic E-state index is 0.244. The normalized spacial score (nSPS) is 10.7. The van der Waals surface area contributed by atoms with Crippen molar-refractivity contribution in [2.75, 3.05) is 12.4 Å². The summed E-state index contributed by atoms with van der Waals surface area (Å²) < 4.78 is 5.04. The van der Waals surface area contributed by atoms with Crippen molar-refractivity contribution in [3.63, 3.8) is 0 Å². The number of nitrogens with one attached hydrogen (secondary N) is 2. The van der Waals surface area contributed by atoms with Crippen molar-refractivity contribution in [3.8, 4) is 0 Å². The number of amides is 1. The standard InChI is InChI=1S/C15H14N4O2/c1-21-9-14-18-11-6-5-10(8-13(11)19-14)17-15(20)12-4-2-3-7-16-12/h2-8H,9H2,1H3,(H,17,20)(H,18,19). The molecule has 0 unspecified atom stereocenters. The summed E-state index contributed by atoms with van der Waals surface area (Å²) in [5.41, 5.74) is 2.74. The number of methoxy groups -OCH3 is 1. The molecule has 2 aromatic heterocycles. The second-order valence-corrected chi connectivity index (χ2v) is 4.52. The second-order valence-electron chi connectivity index (χ2n) is 4.52. The van der Waals surface area contributed by atoms with Crippen LogP contribution in [0.4, 0.5) is 5.69 Å². The largest absolute Gasteiger partial charge is 0.377 e. The molecule has 2 N–H and O–H groups in total. The Kier molecular flexibility index (Phi) is 3.61. The number of benzene rings is 1. The van der Waals surface area contributed by atoms with Gasteiger partial charge in [-0.2, -0.15) is 0 Å². The van der Waals surface area contributed by atoms with Gasteiger partial charge < -0.3 is 15.0 Å². The number of hydrogen-bond donors (Lipinski definition) is 2. The summed E-state index contributed by atoms with van der Waals surface area (Å²) in [5.74, 6) is 0.507. The van der Waals surface area contributed by atoms with Crippen molar-refractivity contribution in [2.24, 2.45) is 0 Å². The van der Waals surface area contributed by atoms with Crippen LogP contribution in [0.1, 0.15) is 16.3 Å². The maximum atomic E-state index is 12.0. The maximum absolute atomic E-state index is 12.0. The molecule has 0 aliphatic rings. The predicted molar refractivity (Wildman–Crippen MR) is 79.0 cm³/mol. The van der Waals surface area contributed by atoms with E-state index in [1.807, 2.05) is 12.1 Å². The molecule has 106 valence electrons. The Hall–Kier alpha value is -2.73. The highest BCUT2D eigenvalue weighted by Gasteiger charge is 2.08. The number of aromatic amines is 1. The number of aromatic nitrogens is 3. The molecule has 0 atom stereocenters. The van der Waals surface area contributed by atoms with Gasteiger partial charge >= 0.3 is 0 Å². The van der Waals surface area contributed by atoms with E-state index in [9.17, 15) is 4.79 Å². The zero-order valence-corrected chi connectivity index (χ0v) is 11.5. The summed E-state index contributed by atoms with van der Waals surface area (Å²) in [6.07, 6.45) is 1.59. The van der Waals surface area contributed by atoms with Gasteiger partial charge in [-0.05, 0) is 30.3 Å². The Morgan fingerprint density at radius 2 is 2.24 bits per heavy atom. The van der Waals surface area contributed by atoms with Gasteiger partial charge in [0.05, 0.1) is 11.0 Å². The van der Waals surface area contributed by atoms with E-state index in [0.717, 1.165) is 16.9 Å². The smallest absolute Gasteiger partial charge is 0.274 e. The first-order valence-electron chi connectivity index (χ1n) is 6.46. The molecule has 6 heteroatoms. The molecule has 0 spiro atoms. The molecule has 21 heavy (non-hydrogen) atoms. The summed E-state index contributed by atoms with van der Waals surface area (Å²) >= 11 is 0. The number of nitrogens with zero attached hydrogens (tertiary/aromatic N) is 2. The third-order valence-electron chi connectivity index (χ3n) is 2.97. The van der Waals surface area contributed by atoms with Crippen molar-refractivity contribution in [1.29, 1.82) is 0 Å². The van der Waals surface area contributed by atoms with Gasteiger partial charge in [-0.1, -0.05) is 6.07 Å². The number of carbonyl (C=O) groups is 1. The first kappa shape index (κ1) is 13.3. The van der Waals surface area contributed by atoms with Crippen LogP contribution in [0.5, 0.6) is 0 Å². The van der Waals surface area contributed by atoms with Gasteiger partial charge in [0.15, 0.2) is 0 Å². The van der Waals surface area contributed by atoms with Crippen LogP contribution < -0.4 is 5.32 Å². The Labute approximate surface area is 121 Å². The summed E-state index contributed by atoms with van der Waals surface area (Å²) in [6.45, 7) is 0.421. The fourth-order valence-electron chi connectivity index (χ4n) is 2.04. The quantitative estimate of drug-likeness (QED) is 0.769. The summed E-state index contributed by atoms with van der Waals surface area (Å²) in [7, 11) is 1.62. The number of rotatable bonds is 4. The van der Waals surface area contributed by atoms with E-state index < -0.39 is 0 Å². The third kappa shape index (κ3) is 2.90. The molecule has 0 saturated heterocycles. The molecule has 0 bridgehead atoms. The Morgan fingerprint density at radius 3 is 3.00 bits per heavy atom. The fourth-order valence-corrected chi connectivity index (χ4v) is 2.04. The van der Waals surface area contributed by atoms with E-state index in [1.54, 1.807) is 37.6 Å². The van der Waals surface area contributed by atoms with Gasteiger partial charge in [0.1, 0.15) is 18.1 Å². The number of carbonyl (C=O) groups excluding carboxylic acids is 1. The van der Waals surface area contributed by atoms with Crippen LogP contribution in [-0.2, 0) is 11.3 Å². The molecule has 1 amide bonds. The van der Waals surface area contributed by atoms with Crippen LogP contribution in [0.25, 0.3) is 11.0 Å². The minimum Gasteiger partial charge on any atom is -0.377 e. The lowest BCUT2D eigenvalue weighted by Gasteiger charge is -2.04. The van der Waals surface area contributed by atoms with Crippen molar-refractivity contribution >= 4 is 22.6 Å². The SMILES string of the molecule is COCc1nc2ccc(NC(=O)c3ccccn3)cc2[nH]1. The molecule has 0 aliphatic heterocycles. The lowest BCUT2D eigenvalue weighted by molar-refractivity contribution is 0.102. The van der Waals surface area contributed by atoms with Gasteiger partial charge in [-0.3, -0.25) is 9.78 Å². The predicted octanol–water partition coefficient (Wildman–Crippen LogP) is 2.36. The summed E-state index contributed by atoms with van der Waals surface area (Å²) in [4.78, 5) is 23.6. The maximum Gasteiger partial charge on any atom is 0.274 e. The van der Waals surface area contributed by atoms with Crippen molar-refractivity contribution in [3.05, 3.63) is 54.1 Å². The van der Waals surface area contributed by atoms with E-state index in [-0.39, 0.29) is 5.91 Å². The Bertz CT molecular complexity index is 768. The molecule has 0 radical (unpaired) electrons. The number of ether oxygens (including phenoxy) is 1. The van der Waals surface area contributed by atoms with Gasteiger partial charge in [0.25, 0.3) is 5.91 Å². The zero-order valence-electron chi connectivity index (χ0n) is 11.5. The van der Waals surface area contributed by atoms with Crippen LogP contribution >= 0.6 is 0 Å². The average Bonchev–Trinajstić information content (AvgIpc) is 2.90. The van der Waals surface area contributed by atoms with Crippen LogP contribution in [-0.4, -0.2) is 28.0 Å². The monoisotopic (exact) mass is 282 g/mol. The summed E-state index contributed by atoms with van der Waals surface area (Å²) in [5, 5.41) is 2.81. The Morgan fingerprint density at radius 1 is 1.33 bits per heavy atom. The van der Waals surface area contributed by atoms with Crippen molar-refractivity contribution < 1.29 is 9.53 Å². The number of H-pyrrole nitrogens is 1. The van der Waals surface area contributed by atoms with Crippen LogP contribution in [0.3, 0.4) is 0 Å². The molecule has 1 aromatic carbocycles. The molecule has 2 heterocycles. The number of anilines is 1. The average molecular weight is 282 g/mol. The molecule has 0 aliphatic carbocycles. The highest BCUT2D eigenvalue weighted by atomic mass is 16.5. The lowest BCUT2D eigenvalue weighted by Crippen LogP contribution is -2.13. The van der Waals surface area contributed by atoms with E-state index in [1.165, 1.54) is 0 Å². The molecular formula is C15H14N4O2. The van der Waals surface area contributed by atoms with Crippen LogP contribution in [0.15, 0.2) is 42.6 Å². The van der Waals surface area contributed by atoms with Crippen molar-refractivity contribution in [1.82, 2.24) is 15.0 Å². The van der Waals surface area contributed by atoms with Gasteiger partial charge in [0, 0.05) is 19.0 Å². The molecule has 0 saturated carbocycles. The van der Waals surface area contributed by atoms with Gasteiger partial charge in [-0.15, -0.1) is 0 Å². The molecule has 3 rings (SSSR count). The number of fused-ring (bicyclic) bond motifs is 1. The lowest BCUT2D eigenvalue weighted by atomic mass is 10.2. The third-order valence-corrected chi connectivity index (χ3v) is 2.97. The number of hydrogen-bond acceptors (Lipinski definition) is 4. The molecule has 3 aromatic rings. The topological polar surface area (TPSA) is 79.9 Å². The van der Waals surface area contributed by atoms with E-state index >= 15 is 0 Å². The second kappa shape index (κ2) is 5.72. The fraction of sp³-hybridized carbons (Fsp3) is 0.133. The van der Waals surface area contributed by atoms with Gasteiger partial charge in [-0.25, -0.2) is 4.98 Å². The van der Waals surface area contributed by atoms with Crippen LogP contribution in [0, 0.1) is 0 Å². The van der Waals surface area contributed by atoms with E-state index in [2.05, 4.69) is 20.3 Å². The zero-order chi connectivity index (χ0) is 14.7. The van der Waals surface area contributed by atoms with Crippen molar-refractivity contribution in [2.45, 2.75) is 6.61 Å². The minimum atomic E-state index is -0.244.